The predicted molar refractivity (Wildman–Crippen MR) is 82.1 cm³/mol. The van der Waals surface area contributed by atoms with Gasteiger partial charge in [0.1, 0.15) is 5.82 Å². The van der Waals surface area contributed by atoms with E-state index in [1.165, 1.54) is 35.6 Å². The molecule has 22 heavy (non-hydrogen) atoms. The van der Waals surface area contributed by atoms with Crippen LogP contribution < -0.4 is 11.5 Å². The van der Waals surface area contributed by atoms with E-state index in [0.717, 1.165) is 10.4 Å². The first-order chi connectivity index (χ1) is 10.5. The normalized spacial score (nSPS) is 13.8. The summed E-state index contributed by atoms with van der Waals surface area (Å²) in [7, 11) is 0. The fourth-order valence-corrected chi connectivity index (χ4v) is 3.78. The van der Waals surface area contributed by atoms with Gasteiger partial charge >= 0.3 is 0 Å². The van der Waals surface area contributed by atoms with Gasteiger partial charge in [0, 0.05) is 17.0 Å². The Bertz CT molecular complexity index is 755. The van der Waals surface area contributed by atoms with Crippen LogP contribution in [0, 0.1) is 5.82 Å². The van der Waals surface area contributed by atoms with Crippen LogP contribution >= 0.6 is 11.3 Å². The summed E-state index contributed by atoms with van der Waals surface area (Å²) in [5.74, 6) is -1.08. The highest BCUT2D eigenvalue weighted by Crippen LogP contribution is 2.35. The highest BCUT2D eigenvalue weighted by Gasteiger charge is 2.28. The van der Waals surface area contributed by atoms with Crippen molar-refractivity contribution in [2.45, 2.75) is 13.0 Å². The topological polar surface area (TPSA) is 89.4 Å². The second-order valence-corrected chi connectivity index (χ2v) is 6.23. The molecule has 7 heteroatoms. The molecule has 1 aliphatic rings. The zero-order valence-corrected chi connectivity index (χ0v) is 12.5. The fraction of sp³-hybridized carbons (Fsp3) is 0.200. The maximum Gasteiger partial charge on any atom is 0.254 e. The Hall–Kier alpha value is -2.41. The molecule has 0 unspecified atom stereocenters. The Kier molecular flexibility index (Phi) is 3.58. The number of nitrogens with zero attached hydrogens (tertiary/aromatic N) is 1. The molecule has 0 spiro atoms. The second-order valence-electron chi connectivity index (χ2n) is 5.09. The van der Waals surface area contributed by atoms with Gasteiger partial charge in [-0.25, -0.2) is 4.39 Å². The number of thiophene rings is 1. The van der Waals surface area contributed by atoms with Crippen LogP contribution in [-0.2, 0) is 13.0 Å². The number of carbonyl (C=O) groups excluding carboxylic acids is 2. The molecule has 1 aromatic carbocycles. The molecule has 0 saturated carbocycles. The molecule has 2 amide bonds. The van der Waals surface area contributed by atoms with Gasteiger partial charge in [-0.05, 0) is 36.2 Å². The number of benzene rings is 1. The van der Waals surface area contributed by atoms with Crippen LogP contribution in [0.3, 0.4) is 0 Å². The number of primary amides is 1. The summed E-state index contributed by atoms with van der Waals surface area (Å²) in [5, 5.41) is 0.397. The number of rotatable bonds is 2. The van der Waals surface area contributed by atoms with Crippen molar-refractivity contribution in [1.29, 1.82) is 0 Å². The molecule has 0 saturated heterocycles. The van der Waals surface area contributed by atoms with Crippen LogP contribution in [0.1, 0.15) is 31.2 Å². The average Bonchev–Trinajstić information content (AvgIpc) is 2.82. The highest BCUT2D eigenvalue weighted by atomic mass is 32.1. The van der Waals surface area contributed by atoms with E-state index in [2.05, 4.69) is 0 Å². The molecule has 3 rings (SSSR count). The minimum absolute atomic E-state index is 0.168. The molecule has 0 atom stereocenters. The minimum Gasteiger partial charge on any atom is -0.390 e. The number of nitrogens with two attached hydrogens (primary N) is 2. The largest absolute Gasteiger partial charge is 0.390 e. The van der Waals surface area contributed by atoms with Crippen LogP contribution in [0.5, 0.6) is 0 Å². The van der Waals surface area contributed by atoms with Crippen LogP contribution in [0.25, 0.3) is 0 Å². The first-order valence-corrected chi connectivity index (χ1v) is 7.53. The lowest BCUT2D eigenvalue weighted by Crippen LogP contribution is -2.35. The van der Waals surface area contributed by atoms with Crippen molar-refractivity contribution in [1.82, 2.24) is 4.90 Å². The third kappa shape index (κ3) is 2.43. The zero-order valence-electron chi connectivity index (χ0n) is 11.6. The van der Waals surface area contributed by atoms with Gasteiger partial charge in [0.15, 0.2) is 0 Å². The molecule has 5 nitrogen and oxygen atoms in total. The van der Waals surface area contributed by atoms with Crippen LogP contribution in [0.4, 0.5) is 9.39 Å². The molecule has 0 radical (unpaired) electrons. The number of halogens is 1. The third-order valence-corrected chi connectivity index (χ3v) is 4.75. The molecule has 2 heterocycles. The van der Waals surface area contributed by atoms with Gasteiger partial charge in [0.2, 0.25) is 0 Å². The fourth-order valence-electron chi connectivity index (χ4n) is 2.64. The van der Waals surface area contributed by atoms with Crippen molar-refractivity contribution >= 4 is 28.2 Å². The van der Waals surface area contributed by atoms with E-state index in [4.69, 9.17) is 11.5 Å². The van der Waals surface area contributed by atoms with Gasteiger partial charge in [-0.3, -0.25) is 9.59 Å². The smallest absolute Gasteiger partial charge is 0.254 e. The van der Waals surface area contributed by atoms with Gasteiger partial charge in [-0.15, -0.1) is 11.3 Å². The van der Waals surface area contributed by atoms with E-state index in [-0.39, 0.29) is 11.7 Å². The lowest BCUT2D eigenvalue weighted by atomic mass is 10.0. The Labute approximate surface area is 130 Å². The summed E-state index contributed by atoms with van der Waals surface area (Å²) in [6.07, 6.45) is 0.536. The number of anilines is 1. The summed E-state index contributed by atoms with van der Waals surface area (Å²) in [5.41, 5.74) is 12.9. The SMILES string of the molecule is NC(=O)c1c(N)sc2c1CCN(C(=O)c1ccc(F)cc1)C2. The van der Waals surface area contributed by atoms with Gasteiger partial charge < -0.3 is 16.4 Å². The summed E-state index contributed by atoms with van der Waals surface area (Å²) < 4.78 is 12.9. The van der Waals surface area contributed by atoms with Crippen molar-refractivity contribution in [2.75, 3.05) is 12.3 Å². The Morgan fingerprint density at radius 1 is 1.23 bits per heavy atom. The quantitative estimate of drug-likeness (QED) is 0.884. The monoisotopic (exact) mass is 319 g/mol. The Balaban J connectivity index is 1.85. The highest BCUT2D eigenvalue weighted by molar-refractivity contribution is 7.16. The van der Waals surface area contributed by atoms with Crippen molar-refractivity contribution in [2.24, 2.45) is 5.73 Å². The van der Waals surface area contributed by atoms with Crippen molar-refractivity contribution in [3.63, 3.8) is 0 Å². The van der Waals surface area contributed by atoms with Crippen molar-refractivity contribution in [3.8, 4) is 0 Å². The maximum atomic E-state index is 12.9. The van der Waals surface area contributed by atoms with Crippen LogP contribution in [-0.4, -0.2) is 23.3 Å². The summed E-state index contributed by atoms with van der Waals surface area (Å²) in [6.45, 7) is 0.855. The number of amides is 2. The molecule has 0 bridgehead atoms. The summed E-state index contributed by atoms with van der Waals surface area (Å²) in [6, 6.07) is 5.45. The average molecular weight is 319 g/mol. The van der Waals surface area contributed by atoms with E-state index in [1.807, 2.05) is 0 Å². The Morgan fingerprint density at radius 2 is 1.91 bits per heavy atom. The molecule has 4 N–H and O–H groups in total. The zero-order chi connectivity index (χ0) is 15.9. The summed E-state index contributed by atoms with van der Waals surface area (Å²) in [4.78, 5) is 26.4. The van der Waals surface area contributed by atoms with Crippen LogP contribution in [0.15, 0.2) is 24.3 Å². The first kappa shape index (κ1) is 14.5. The summed E-state index contributed by atoms with van der Waals surface area (Å²) >= 11 is 1.29. The van der Waals surface area contributed by atoms with E-state index in [0.29, 0.717) is 35.6 Å². The number of fused-ring (bicyclic) bond motifs is 1. The van der Waals surface area contributed by atoms with Crippen LogP contribution in [0.2, 0.25) is 0 Å². The number of hydrogen-bond acceptors (Lipinski definition) is 4. The van der Waals surface area contributed by atoms with Crippen molar-refractivity contribution < 1.29 is 14.0 Å². The standard InChI is InChI=1S/C15H14FN3O2S/c16-9-3-1-8(2-4-9)15(21)19-6-5-10-11(7-19)22-14(18)12(10)13(17)20/h1-4H,5-7,18H2,(H2,17,20). The van der Waals surface area contributed by atoms with Crippen molar-refractivity contribution in [3.05, 3.63) is 51.7 Å². The second kappa shape index (κ2) is 5.42. The Morgan fingerprint density at radius 3 is 2.55 bits per heavy atom. The maximum absolute atomic E-state index is 12.9. The lowest BCUT2D eigenvalue weighted by molar-refractivity contribution is 0.0737. The number of nitrogen functional groups attached to an aromatic ring is 1. The molecule has 1 aliphatic heterocycles. The molecular formula is C15H14FN3O2S. The number of hydrogen-bond donors (Lipinski definition) is 2. The molecule has 1 aromatic heterocycles. The predicted octanol–water partition coefficient (Wildman–Crippen LogP) is 1.77. The van der Waals surface area contributed by atoms with Gasteiger partial charge in [-0.2, -0.15) is 0 Å². The number of carbonyl (C=O) groups is 2. The molecule has 114 valence electrons. The van der Waals surface area contributed by atoms with E-state index >= 15 is 0 Å². The van der Waals surface area contributed by atoms with E-state index in [1.54, 1.807) is 4.90 Å². The molecule has 0 aliphatic carbocycles. The molecular weight excluding hydrogens is 305 g/mol. The lowest BCUT2D eigenvalue weighted by Gasteiger charge is -2.27. The van der Waals surface area contributed by atoms with E-state index in [9.17, 15) is 14.0 Å². The van der Waals surface area contributed by atoms with E-state index < -0.39 is 5.91 Å². The molecule has 2 aromatic rings. The van der Waals surface area contributed by atoms with Gasteiger partial charge in [0.25, 0.3) is 11.8 Å². The van der Waals surface area contributed by atoms with Gasteiger partial charge in [-0.1, -0.05) is 0 Å². The van der Waals surface area contributed by atoms with Gasteiger partial charge in [0.05, 0.1) is 17.1 Å². The molecule has 0 fully saturated rings. The third-order valence-electron chi connectivity index (χ3n) is 3.71. The first-order valence-electron chi connectivity index (χ1n) is 6.72. The minimum atomic E-state index is -0.534.